The topological polar surface area (TPSA) is 44.5 Å². The van der Waals surface area contributed by atoms with Crippen molar-refractivity contribution < 1.29 is 9.57 Å². The van der Waals surface area contributed by atoms with Crippen molar-refractivity contribution >= 4 is 15.9 Å². The molecule has 0 atom stereocenters. The Labute approximate surface area is 92.3 Å². The molecule has 0 unspecified atom stereocenters. The first-order valence-electron chi connectivity index (χ1n) is 4.53. The molecule has 0 aromatic heterocycles. The van der Waals surface area contributed by atoms with Crippen LogP contribution in [0.2, 0.25) is 0 Å². The molecule has 0 aliphatic heterocycles. The molecule has 0 saturated heterocycles. The molecule has 78 valence electrons. The van der Waals surface area contributed by atoms with E-state index in [-0.39, 0.29) is 0 Å². The SMILES string of the molecule is NOCCCCOc1ccc(Br)cc1. The monoisotopic (exact) mass is 259 g/mol. The first kappa shape index (κ1) is 11.5. The molecule has 1 rings (SSSR count). The molecular formula is C10H14BrNO2. The van der Waals surface area contributed by atoms with Crippen LogP contribution in [0.15, 0.2) is 28.7 Å². The highest BCUT2D eigenvalue weighted by Gasteiger charge is 1.93. The van der Waals surface area contributed by atoms with Crippen LogP contribution < -0.4 is 10.6 Å². The summed E-state index contributed by atoms with van der Waals surface area (Å²) in [5, 5.41) is 0. The number of halogens is 1. The summed E-state index contributed by atoms with van der Waals surface area (Å²) in [4.78, 5) is 4.45. The van der Waals surface area contributed by atoms with E-state index in [0.717, 1.165) is 23.1 Å². The Morgan fingerprint density at radius 2 is 1.71 bits per heavy atom. The van der Waals surface area contributed by atoms with Gasteiger partial charge in [-0.25, -0.2) is 5.90 Å². The number of rotatable bonds is 6. The molecule has 1 aromatic carbocycles. The summed E-state index contributed by atoms with van der Waals surface area (Å²) < 4.78 is 6.55. The molecule has 0 fully saturated rings. The second kappa shape index (κ2) is 6.81. The average Bonchev–Trinajstić information content (AvgIpc) is 2.21. The molecule has 0 bridgehead atoms. The summed E-state index contributed by atoms with van der Waals surface area (Å²) in [7, 11) is 0. The molecule has 2 N–H and O–H groups in total. The predicted molar refractivity (Wildman–Crippen MR) is 59.0 cm³/mol. The fourth-order valence-corrected chi connectivity index (χ4v) is 1.27. The summed E-state index contributed by atoms with van der Waals surface area (Å²) in [6.07, 6.45) is 1.88. The lowest BCUT2D eigenvalue weighted by atomic mass is 10.3. The summed E-state index contributed by atoms with van der Waals surface area (Å²) in [5.41, 5.74) is 0. The van der Waals surface area contributed by atoms with Crippen molar-refractivity contribution in [2.24, 2.45) is 5.90 Å². The molecule has 0 saturated carbocycles. The van der Waals surface area contributed by atoms with E-state index >= 15 is 0 Å². The highest BCUT2D eigenvalue weighted by Crippen LogP contribution is 2.16. The molecule has 1 aromatic rings. The third-order valence-electron chi connectivity index (χ3n) is 1.74. The minimum atomic E-state index is 0.587. The number of nitrogens with two attached hydrogens (primary N) is 1. The molecule has 0 radical (unpaired) electrons. The minimum absolute atomic E-state index is 0.587. The van der Waals surface area contributed by atoms with Gasteiger partial charge in [0.05, 0.1) is 13.2 Å². The predicted octanol–water partition coefficient (Wildman–Crippen LogP) is 2.50. The number of hydrogen-bond acceptors (Lipinski definition) is 3. The van der Waals surface area contributed by atoms with Gasteiger partial charge in [0.15, 0.2) is 0 Å². The van der Waals surface area contributed by atoms with Crippen LogP contribution in [0.25, 0.3) is 0 Å². The Hall–Kier alpha value is -0.580. The van der Waals surface area contributed by atoms with Crippen molar-refractivity contribution in [2.75, 3.05) is 13.2 Å². The standard InChI is InChI=1S/C10H14BrNO2/c11-9-3-5-10(6-4-9)13-7-1-2-8-14-12/h3-6H,1-2,7-8,12H2. The molecule has 0 spiro atoms. The van der Waals surface area contributed by atoms with Crippen molar-refractivity contribution in [1.82, 2.24) is 0 Å². The number of benzene rings is 1. The maximum Gasteiger partial charge on any atom is 0.119 e. The van der Waals surface area contributed by atoms with E-state index in [2.05, 4.69) is 20.8 Å². The Bertz CT molecular complexity index is 251. The molecule has 14 heavy (non-hydrogen) atoms. The van der Waals surface area contributed by atoms with Crippen molar-refractivity contribution in [1.29, 1.82) is 0 Å². The maximum absolute atomic E-state index is 5.49. The zero-order valence-electron chi connectivity index (χ0n) is 7.91. The van der Waals surface area contributed by atoms with Crippen LogP contribution in [0.5, 0.6) is 5.75 Å². The van der Waals surface area contributed by atoms with Crippen LogP contribution in [0, 0.1) is 0 Å². The smallest absolute Gasteiger partial charge is 0.119 e. The van der Waals surface area contributed by atoms with Gasteiger partial charge in [0.2, 0.25) is 0 Å². The van der Waals surface area contributed by atoms with E-state index < -0.39 is 0 Å². The van der Waals surface area contributed by atoms with Crippen LogP contribution in [0.1, 0.15) is 12.8 Å². The Morgan fingerprint density at radius 1 is 1.07 bits per heavy atom. The molecule has 3 nitrogen and oxygen atoms in total. The van der Waals surface area contributed by atoms with E-state index in [0.29, 0.717) is 13.2 Å². The third kappa shape index (κ3) is 4.60. The normalized spacial score (nSPS) is 10.1. The van der Waals surface area contributed by atoms with Crippen LogP contribution in [0.3, 0.4) is 0 Å². The minimum Gasteiger partial charge on any atom is -0.494 e. The molecule has 0 aliphatic rings. The lowest BCUT2D eigenvalue weighted by Crippen LogP contribution is -2.03. The quantitative estimate of drug-likeness (QED) is 0.631. The zero-order chi connectivity index (χ0) is 10.2. The van der Waals surface area contributed by atoms with Gasteiger partial charge in [-0.3, -0.25) is 0 Å². The van der Waals surface area contributed by atoms with E-state index in [4.69, 9.17) is 10.6 Å². The maximum atomic E-state index is 5.49. The van der Waals surface area contributed by atoms with Crippen molar-refractivity contribution in [3.63, 3.8) is 0 Å². The van der Waals surface area contributed by atoms with Crippen LogP contribution >= 0.6 is 15.9 Å². The fraction of sp³-hybridized carbons (Fsp3) is 0.400. The van der Waals surface area contributed by atoms with Gasteiger partial charge in [-0.2, -0.15) is 0 Å². The van der Waals surface area contributed by atoms with Gasteiger partial charge in [-0.05, 0) is 37.1 Å². The second-order valence-electron chi connectivity index (χ2n) is 2.88. The molecule has 0 amide bonds. The third-order valence-corrected chi connectivity index (χ3v) is 2.27. The first-order valence-corrected chi connectivity index (χ1v) is 5.32. The van der Waals surface area contributed by atoms with Gasteiger partial charge in [0, 0.05) is 4.47 Å². The zero-order valence-corrected chi connectivity index (χ0v) is 9.50. The summed E-state index contributed by atoms with van der Waals surface area (Å²) in [5.74, 6) is 5.78. The summed E-state index contributed by atoms with van der Waals surface area (Å²) >= 11 is 3.36. The molecular weight excluding hydrogens is 246 g/mol. The molecule has 4 heteroatoms. The van der Waals surface area contributed by atoms with E-state index in [1.807, 2.05) is 24.3 Å². The van der Waals surface area contributed by atoms with Gasteiger partial charge in [-0.15, -0.1) is 0 Å². The number of hydrogen-bond donors (Lipinski definition) is 1. The van der Waals surface area contributed by atoms with E-state index in [1.54, 1.807) is 0 Å². The van der Waals surface area contributed by atoms with Gasteiger partial charge < -0.3 is 9.57 Å². The first-order chi connectivity index (χ1) is 6.83. The molecule has 0 aliphatic carbocycles. The Kier molecular flexibility index (Phi) is 5.59. The fourth-order valence-electron chi connectivity index (χ4n) is 1.01. The summed E-state index contributed by atoms with van der Waals surface area (Å²) in [6.45, 7) is 1.29. The molecule has 0 heterocycles. The second-order valence-corrected chi connectivity index (χ2v) is 3.80. The lowest BCUT2D eigenvalue weighted by Gasteiger charge is -2.05. The van der Waals surface area contributed by atoms with E-state index in [1.165, 1.54) is 0 Å². The van der Waals surface area contributed by atoms with Gasteiger partial charge in [-0.1, -0.05) is 15.9 Å². The van der Waals surface area contributed by atoms with Crippen molar-refractivity contribution in [2.45, 2.75) is 12.8 Å². The van der Waals surface area contributed by atoms with Crippen LogP contribution in [0.4, 0.5) is 0 Å². The van der Waals surface area contributed by atoms with Gasteiger partial charge >= 0.3 is 0 Å². The lowest BCUT2D eigenvalue weighted by molar-refractivity contribution is 0.129. The van der Waals surface area contributed by atoms with Gasteiger partial charge in [0.25, 0.3) is 0 Å². The van der Waals surface area contributed by atoms with E-state index in [9.17, 15) is 0 Å². The Morgan fingerprint density at radius 3 is 2.36 bits per heavy atom. The van der Waals surface area contributed by atoms with Crippen LogP contribution in [-0.2, 0) is 4.84 Å². The highest BCUT2D eigenvalue weighted by molar-refractivity contribution is 9.10. The van der Waals surface area contributed by atoms with Crippen molar-refractivity contribution in [3.05, 3.63) is 28.7 Å². The largest absolute Gasteiger partial charge is 0.494 e. The van der Waals surface area contributed by atoms with Gasteiger partial charge in [0.1, 0.15) is 5.75 Å². The van der Waals surface area contributed by atoms with Crippen LogP contribution in [-0.4, -0.2) is 13.2 Å². The number of ether oxygens (including phenoxy) is 1. The Balaban J connectivity index is 2.15. The summed E-state index contributed by atoms with van der Waals surface area (Å²) in [6, 6.07) is 7.78. The average molecular weight is 260 g/mol. The highest BCUT2D eigenvalue weighted by atomic mass is 79.9. The van der Waals surface area contributed by atoms with Crippen molar-refractivity contribution in [3.8, 4) is 5.75 Å². The number of unbranched alkanes of at least 4 members (excludes halogenated alkanes) is 1.